The number of aryl methyl sites for hydroxylation is 2. The largest absolute Gasteiger partial charge is 0.388 e. The Balaban J connectivity index is 2.10. The molecule has 0 saturated carbocycles. The van der Waals surface area contributed by atoms with Crippen LogP contribution in [0.5, 0.6) is 0 Å². The van der Waals surface area contributed by atoms with Crippen molar-refractivity contribution in [3.8, 4) is 0 Å². The SMILES string of the molecule is CCc1cc(N(C)CC2(O)CCOCC2)nc(C)n1. The molecule has 0 radical (unpaired) electrons. The molecule has 2 heterocycles. The average molecular weight is 265 g/mol. The van der Waals surface area contributed by atoms with E-state index in [0.717, 1.165) is 23.8 Å². The minimum Gasteiger partial charge on any atom is -0.388 e. The van der Waals surface area contributed by atoms with Crippen LogP contribution < -0.4 is 4.90 Å². The Labute approximate surface area is 114 Å². The van der Waals surface area contributed by atoms with Crippen LogP contribution in [0.1, 0.15) is 31.3 Å². The van der Waals surface area contributed by atoms with Crippen LogP contribution in [-0.4, -0.2) is 47.5 Å². The average Bonchev–Trinajstić information content (AvgIpc) is 2.38. The molecule has 0 amide bonds. The summed E-state index contributed by atoms with van der Waals surface area (Å²) in [6.07, 6.45) is 2.26. The van der Waals surface area contributed by atoms with E-state index >= 15 is 0 Å². The van der Waals surface area contributed by atoms with E-state index in [9.17, 15) is 5.11 Å². The second-order valence-electron chi connectivity index (χ2n) is 5.31. The molecule has 1 N–H and O–H groups in total. The Morgan fingerprint density at radius 2 is 2.05 bits per heavy atom. The van der Waals surface area contributed by atoms with E-state index in [1.54, 1.807) is 0 Å². The van der Waals surface area contributed by atoms with Gasteiger partial charge in [-0.25, -0.2) is 9.97 Å². The lowest BCUT2D eigenvalue weighted by Crippen LogP contribution is -2.46. The molecule has 0 spiro atoms. The van der Waals surface area contributed by atoms with Crippen LogP contribution in [0.15, 0.2) is 6.07 Å². The van der Waals surface area contributed by atoms with E-state index in [0.29, 0.717) is 32.6 Å². The Hall–Kier alpha value is -1.20. The molecule has 1 aliphatic rings. The Morgan fingerprint density at radius 1 is 1.37 bits per heavy atom. The van der Waals surface area contributed by atoms with Gasteiger partial charge in [0.15, 0.2) is 0 Å². The maximum absolute atomic E-state index is 10.5. The first-order valence-electron chi connectivity index (χ1n) is 6.88. The molecule has 106 valence electrons. The molecule has 19 heavy (non-hydrogen) atoms. The normalized spacial score (nSPS) is 18.3. The van der Waals surface area contributed by atoms with Crippen LogP contribution in [0.4, 0.5) is 5.82 Å². The number of aromatic nitrogens is 2. The fraction of sp³-hybridized carbons (Fsp3) is 0.714. The highest BCUT2D eigenvalue weighted by atomic mass is 16.5. The molecule has 5 heteroatoms. The standard InChI is InChI=1S/C14H23N3O2/c1-4-12-9-13(16-11(2)15-12)17(3)10-14(18)5-7-19-8-6-14/h9,18H,4-8,10H2,1-3H3. The third kappa shape index (κ3) is 3.64. The molecule has 1 saturated heterocycles. The van der Waals surface area contributed by atoms with Gasteiger partial charge in [-0.05, 0) is 13.3 Å². The highest BCUT2D eigenvalue weighted by Crippen LogP contribution is 2.23. The lowest BCUT2D eigenvalue weighted by Gasteiger charge is -2.35. The van der Waals surface area contributed by atoms with Crippen molar-refractivity contribution in [1.82, 2.24) is 9.97 Å². The van der Waals surface area contributed by atoms with Crippen LogP contribution in [0.25, 0.3) is 0 Å². The van der Waals surface area contributed by atoms with E-state index < -0.39 is 5.60 Å². The molecule has 0 unspecified atom stereocenters. The van der Waals surface area contributed by atoms with Gasteiger partial charge in [-0.15, -0.1) is 0 Å². The first kappa shape index (κ1) is 14.2. The number of anilines is 1. The maximum atomic E-state index is 10.5. The lowest BCUT2D eigenvalue weighted by molar-refractivity contribution is -0.0573. The van der Waals surface area contributed by atoms with E-state index in [2.05, 4.69) is 16.9 Å². The van der Waals surface area contributed by atoms with Gasteiger partial charge < -0.3 is 14.7 Å². The minimum absolute atomic E-state index is 0.579. The topological polar surface area (TPSA) is 58.5 Å². The van der Waals surface area contributed by atoms with Crippen LogP contribution >= 0.6 is 0 Å². The second-order valence-corrected chi connectivity index (χ2v) is 5.31. The molecule has 0 aliphatic carbocycles. The zero-order valence-corrected chi connectivity index (χ0v) is 12.0. The maximum Gasteiger partial charge on any atom is 0.132 e. The summed E-state index contributed by atoms with van der Waals surface area (Å²) in [4.78, 5) is 10.8. The van der Waals surface area contributed by atoms with Gasteiger partial charge in [0.25, 0.3) is 0 Å². The van der Waals surface area contributed by atoms with E-state index in [-0.39, 0.29) is 0 Å². The highest BCUT2D eigenvalue weighted by molar-refractivity contribution is 5.39. The van der Waals surface area contributed by atoms with Gasteiger partial charge in [-0.2, -0.15) is 0 Å². The van der Waals surface area contributed by atoms with Crippen molar-refractivity contribution >= 4 is 5.82 Å². The lowest BCUT2D eigenvalue weighted by atomic mass is 9.94. The van der Waals surface area contributed by atoms with Crippen molar-refractivity contribution in [2.75, 3.05) is 31.7 Å². The predicted molar refractivity (Wildman–Crippen MR) is 74.4 cm³/mol. The number of hydrogen-bond acceptors (Lipinski definition) is 5. The molecule has 5 nitrogen and oxygen atoms in total. The van der Waals surface area contributed by atoms with Crippen molar-refractivity contribution in [3.05, 3.63) is 17.6 Å². The molecular formula is C14H23N3O2. The fourth-order valence-corrected chi connectivity index (χ4v) is 2.42. The molecule has 2 rings (SSSR count). The predicted octanol–water partition coefficient (Wildman–Crippen LogP) is 1.33. The van der Waals surface area contributed by atoms with Crippen molar-refractivity contribution in [2.45, 2.75) is 38.7 Å². The molecule has 1 aromatic heterocycles. The van der Waals surface area contributed by atoms with E-state index in [4.69, 9.17) is 4.74 Å². The third-order valence-electron chi connectivity index (χ3n) is 3.59. The van der Waals surface area contributed by atoms with Gasteiger partial charge in [0.2, 0.25) is 0 Å². The van der Waals surface area contributed by atoms with Crippen molar-refractivity contribution in [2.24, 2.45) is 0 Å². The van der Waals surface area contributed by atoms with Crippen molar-refractivity contribution in [3.63, 3.8) is 0 Å². The molecule has 1 aliphatic heterocycles. The summed E-state index contributed by atoms with van der Waals surface area (Å²) < 4.78 is 5.30. The molecule has 0 bridgehead atoms. The van der Waals surface area contributed by atoms with Crippen LogP contribution in [0.2, 0.25) is 0 Å². The summed E-state index contributed by atoms with van der Waals surface area (Å²) in [6.45, 7) is 5.83. The Morgan fingerprint density at radius 3 is 2.68 bits per heavy atom. The number of nitrogens with zero attached hydrogens (tertiary/aromatic N) is 3. The quantitative estimate of drug-likeness (QED) is 0.890. The van der Waals surface area contributed by atoms with Gasteiger partial charge in [0.05, 0.1) is 5.60 Å². The monoisotopic (exact) mass is 265 g/mol. The smallest absolute Gasteiger partial charge is 0.132 e. The molecular weight excluding hydrogens is 242 g/mol. The Kier molecular flexibility index (Phi) is 4.37. The number of hydrogen-bond donors (Lipinski definition) is 1. The van der Waals surface area contributed by atoms with Crippen molar-refractivity contribution < 1.29 is 9.84 Å². The highest BCUT2D eigenvalue weighted by Gasteiger charge is 2.31. The van der Waals surface area contributed by atoms with Gasteiger partial charge in [-0.3, -0.25) is 0 Å². The summed E-state index contributed by atoms with van der Waals surface area (Å²) in [5, 5.41) is 10.5. The summed E-state index contributed by atoms with van der Waals surface area (Å²) in [7, 11) is 1.97. The molecule has 1 fully saturated rings. The van der Waals surface area contributed by atoms with Gasteiger partial charge in [-0.1, -0.05) is 6.92 Å². The summed E-state index contributed by atoms with van der Waals surface area (Å²) in [6, 6.07) is 2.00. The van der Waals surface area contributed by atoms with Gasteiger partial charge >= 0.3 is 0 Å². The van der Waals surface area contributed by atoms with Crippen LogP contribution in [0.3, 0.4) is 0 Å². The van der Waals surface area contributed by atoms with Gasteiger partial charge in [0, 0.05) is 51.4 Å². The Bertz CT molecular complexity index is 431. The van der Waals surface area contributed by atoms with Crippen LogP contribution in [-0.2, 0) is 11.2 Å². The third-order valence-corrected chi connectivity index (χ3v) is 3.59. The number of ether oxygens (including phenoxy) is 1. The first-order valence-corrected chi connectivity index (χ1v) is 6.88. The van der Waals surface area contributed by atoms with Gasteiger partial charge in [0.1, 0.15) is 11.6 Å². The zero-order valence-electron chi connectivity index (χ0n) is 12.0. The number of rotatable bonds is 4. The minimum atomic E-state index is -0.668. The number of likely N-dealkylation sites (N-methyl/N-ethyl adjacent to an activating group) is 1. The number of aliphatic hydroxyl groups is 1. The van der Waals surface area contributed by atoms with Crippen LogP contribution in [0, 0.1) is 6.92 Å². The summed E-state index contributed by atoms with van der Waals surface area (Å²) in [5.41, 5.74) is 0.367. The summed E-state index contributed by atoms with van der Waals surface area (Å²) in [5.74, 6) is 1.66. The molecule has 0 atom stereocenters. The molecule has 1 aromatic rings. The zero-order chi connectivity index (χ0) is 13.9. The first-order chi connectivity index (χ1) is 9.02. The van der Waals surface area contributed by atoms with Crippen molar-refractivity contribution in [1.29, 1.82) is 0 Å². The second kappa shape index (κ2) is 5.84. The fourth-order valence-electron chi connectivity index (χ4n) is 2.42. The summed E-state index contributed by atoms with van der Waals surface area (Å²) >= 11 is 0. The molecule has 0 aromatic carbocycles. The van der Waals surface area contributed by atoms with E-state index in [1.165, 1.54) is 0 Å². The van der Waals surface area contributed by atoms with E-state index in [1.807, 2.05) is 24.9 Å².